The van der Waals surface area contributed by atoms with E-state index in [4.69, 9.17) is 11.6 Å². The number of halogens is 2. The molecule has 0 spiro atoms. The van der Waals surface area contributed by atoms with Crippen LogP contribution in [-0.4, -0.2) is 21.6 Å². The number of nitrogens with zero attached hydrogens (tertiary/aromatic N) is 2. The number of nitrogens with one attached hydrogen (secondary N) is 2. The molecule has 0 fully saturated rings. The lowest BCUT2D eigenvalue weighted by Crippen LogP contribution is -2.11. The molecule has 2 heterocycles. The molecule has 0 atom stereocenters. The van der Waals surface area contributed by atoms with Crippen molar-refractivity contribution in [3.8, 4) is 5.69 Å². The topological polar surface area (TPSA) is 76.0 Å². The van der Waals surface area contributed by atoms with Gasteiger partial charge in [0.05, 0.1) is 27.0 Å². The van der Waals surface area contributed by atoms with Crippen LogP contribution >= 0.6 is 22.9 Å². The number of benzene rings is 2. The van der Waals surface area contributed by atoms with E-state index < -0.39 is 0 Å². The molecule has 9 heteroatoms. The van der Waals surface area contributed by atoms with Gasteiger partial charge in [0.25, 0.3) is 5.91 Å². The first-order chi connectivity index (χ1) is 14.3. The van der Waals surface area contributed by atoms with E-state index in [1.807, 2.05) is 6.92 Å². The van der Waals surface area contributed by atoms with Crippen molar-refractivity contribution in [2.45, 2.75) is 13.8 Å². The van der Waals surface area contributed by atoms with Crippen molar-refractivity contribution in [2.75, 3.05) is 10.6 Å². The number of aromatic nitrogens is 2. The fraction of sp³-hybridized carbons (Fsp3) is 0.0952. The largest absolute Gasteiger partial charge is 0.326 e. The van der Waals surface area contributed by atoms with E-state index in [9.17, 15) is 14.0 Å². The van der Waals surface area contributed by atoms with Gasteiger partial charge in [-0.3, -0.25) is 9.59 Å². The molecule has 6 nitrogen and oxygen atoms in total. The molecular weight excluding hydrogens is 427 g/mol. The van der Waals surface area contributed by atoms with Gasteiger partial charge in [-0.1, -0.05) is 11.6 Å². The van der Waals surface area contributed by atoms with Crippen LogP contribution in [0.1, 0.15) is 22.3 Å². The molecule has 152 valence electrons. The summed E-state index contributed by atoms with van der Waals surface area (Å²) in [7, 11) is 0. The molecule has 0 aliphatic rings. The van der Waals surface area contributed by atoms with Crippen molar-refractivity contribution < 1.29 is 14.0 Å². The maximum Gasteiger partial charge on any atom is 0.265 e. The highest BCUT2D eigenvalue weighted by Crippen LogP contribution is 2.32. The first-order valence-electron chi connectivity index (χ1n) is 8.95. The van der Waals surface area contributed by atoms with Gasteiger partial charge in [0, 0.05) is 18.0 Å². The van der Waals surface area contributed by atoms with Gasteiger partial charge in [-0.05, 0) is 55.5 Å². The highest BCUT2D eigenvalue weighted by Gasteiger charge is 2.18. The van der Waals surface area contributed by atoms with Crippen LogP contribution in [0, 0.1) is 12.7 Å². The number of thiophene rings is 1. The minimum absolute atomic E-state index is 0.210. The maximum absolute atomic E-state index is 13.2. The summed E-state index contributed by atoms with van der Waals surface area (Å²) in [4.78, 5) is 25.2. The molecule has 2 N–H and O–H groups in total. The van der Waals surface area contributed by atoms with Gasteiger partial charge in [-0.15, -0.1) is 11.3 Å². The minimum atomic E-state index is -0.327. The summed E-state index contributed by atoms with van der Waals surface area (Å²) in [6, 6.07) is 12.6. The molecular formula is C21H16ClFN4O2S. The van der Waals surface area contributed by atoms with E-state index in [0.29, 0.717) is 27.0 Å². The number of hydrogen-bond donors (Lipinski definition) is 2. The second-order valence-electron chi connectivity index (χ2n) is 6.63. The van der Waals surface area contributed by atoms with Crippen molar-refractivity contribution in [3.05, 3.63) is 69.9 Å². The zero-order valence-corrected chi connectivity index (χ0v) is 17.6. The van der Waals surface area contributed by atoms with Gasteiger partial charge < -0.3 is 10.6 Å². The Morgan fingerprint density at radius 1 is 1.10 bits per heavy atom. The summed E-state index contributed by atoms with van der Waals surface area (Å²) < 4.78 is 14.9. The predicted octanol–water partition coefficient (Wildman–Crippen LogP) is 5.40. The average Bonchev–Trinajstić information content (AvgIpc) is 3.25. The summed E-state index contributed by atoms with van der Waals surface area (Å²) >= 11 is 7.52. The third kappa shape index (κ3) is 3.92. The van der Waals surface area contributed by atoms with E-state index in [1.54, 1.807) is 41.1 Å². The van der Waals surface area contributed by atoms with Crippen LogP contribution in [0.4, 0.5) is 15.8 Å². The van der Waals surface area contributed by atoms with Gasteiger partial charge in [0.15, 0.2) is 0 Å². The van der Waals surface area contributed by atoms with Crippen LogP contribution in [0.5, 0.6) is 0 Å². The van der Waals surface area contributed by atoms with Gasteiger partial charge in [-0.2, -0.15) is 5.10 Å². The molecule has 0 aliphatic carbocycles. The Labute approximate surface area is 180 Å². The monoisotopic (exact) mass is 442 g/mol. The standard InChI is InChI=1S/C21H16ClFN4O2S/c1-11-16-10-19(30-21(16)27(26-11)15-6-3-13(23)4-7-15)20(29)25-18-8-5-14(9-17(18)22)24-12(2)28/h3-10H,1-2H3,(H,24,28)(H,25,29). The smallest absolute Gasteiger partial charge is 0.265 e. The minimum Gasteiger partial charge on any atom is -0.326 e. The normalized spacial score (nSPS) is 10.9. The van der Waals surface area contributed by atoms with Gasteiger partial charge >= 0.3 is 0 Å². The fourth-order valence-corrected chi connectivity index (χ4v) is 4.30. The van der Waals surface area contributed by atoms with E-state index in [1.165, 1.54) is 30.4 Å². The van der Waals surface area contributed by atoms with Crippen LogP contribution in [0.2, 0.25) is 5.02 Å². The maximum atomic E-state index is 13.2. The lowest BCUT2D eigenvalue weighted by molar-refractivity contribution is -0.114. The number of rotatable bonds is 4. The Bertz CT molecular complexity index is 1280. The van der Waals surface area contributed by atoms with Crippen LogP contribution in [0.25, 0.3) is 15.9 Å². The second kappa shape index (κ2) is 7.89. The quantitative estimate of drug-likeness (QED) is 0.444. The van der Waals surface area contributed by atoms with Gasteiger partial charge in [0.2, 0.25) is 5.91 Å². The van der Waals surface area contributed by atoms with Gasteiger partial charge in [-0.25, -0.2) is 9.07 Å². The zero-order valence-electron chi connectivity index (χ0n) is 16.0. The van der Waals surface area contributed by atoms with E-state index in [-0.39, 0.29) is 17.6 Å². The van der Waals surface area contributed by atoms with Gasteiger partial charge in [0.1, 0.15) is 10.6 Å². The van der Waals surface area contributed by atoms with Crippen LogP contribution in [0.15, 0.2) is 48.5 Å². The Kier molecular flexibility index (Phi) is 5.27. The first-order valence-corrected chi connectivity index (χ1v) is 10.1. The summed E-state index contributed by atoms with van der Waals surface area (Å²) in [6.07, 6.45) is 0. The molecule has 4 rings (SSSR count). The summed E-state index contributed by atoms with van der Waals surface area (Å²) in [5.74, 6) is -0.847. The summed E-state index contributed by atoms with van der Waals surface area (Å²) in [5.41, 5.74) is 2.45. The average molecular weight is 443 g/mol. The van der Waals surface area contributed by atoms with E-state index >= 15 is 0 Å². The molecule has 30 heavy (non-hydrogen) atoms. The number of hydrogen-bond acceptors (Lipinski definition) is 4. The molecule has 0 saturated heterocycles. The van der Waals surface area contributed by atoms with Crippen LogP contribution in [0.3, 0.4) is 0 Å². The highest BCUT2D eigenvalue weighted by atomic mass is 35.5. The zero-order chi connectivity index (χ0) is 21.4. The van der Waals surface area contributed by atoms with Crippen LogP contribution in [-0.2, 0) is 4.79 Å². The molecule has 2 aromatic carbocycles. The molecule has 0 saturated carbocycles. The number of aryl methyl sites for hydroxylation is 1. The lowest BCUT2D eigenvalue weighted by atomic mass is 10.2. The SMILES string of the molecule is CC(=O)Nc1ccc(NC(=O)c2cc3c(C)nn(-c4ccc(F)cc4)c3s2)c(Cl)c1. The molecule has 0 unspecified atom stereocenters. The van der Waals surface area contributed by atoms with Crippen molar-refractivity contribution in [2.24, 2.45) is 0 Å². The molecule has 0 bridgehead atoms. The molecule has 4 aromatic rings. The van der Waals surface area contributed by atoms with Crippen LogP contribution < -0.4 is 10.6 Å². The Morgan fingerprint density at radius 2 is 1.83 bits per heavy atom. The molecule has 0 aliphatic heterocycles. The third-order valence-electron chi connectivity index (χ3n) is 4.38. The first kappa shape index (κ1) is 20.1. The molecule has 2 amide bonds. The van der Waals surface area contributed by atoms with Crippen molar-refractivity contribution in [3.63, 3.8) is 0 Å². The highest BCUT2D eigenvalue weighted by molar-refractivity contribution is 7.20. The molecule has 0 radical (unpaired) electrons. The number of anilines is 2. The number of fused-ring (bicyclic) bond motifs is 1. The lowest BCUT2D eigenvalue weighted by Gasteiger charge is -2.08. The van der Waals surface area contributed by atoms with E-state index in [0.717, 1.165) is 15.9 Å². The number of carbonyl (C=O) groups is 2. The van der Waals surface area contributed by atoms with Crippen molar-refractivity contribution in [1.29, 1.82) is 0 Å². The number of carbonyl (C=O) groups excluding carboxylic acids is 2. The molecule has 2 aromatic heterocycles. The second-order valence-corrected chi connectivity index (χ2v) is 8.07. The van der Waals surface area contributed by atoms with Crippen molar-refractivity contribution >= 4 is 56.3 Å². The Morgan fingerprint density at radius 3 is 2.50 bits per heavy atom. The third-order valence-corrected chi connectivity index (χ3v) is 5.80. The fourth-order valence-electron chi connectivity index (χ4n) is 3.00. The number of amides is 2. The Hall–Kier alpha value is -3.23. The summed E-state index contributed by atoms with van der Waals surface area (Å²) in [5, 5.41) is 11.1. The van der Waals surface area contributed by atoms with E-state index in [2.05, 4.69) is 15.7 Å². The Balaban J connectivity index is 1.62. The van der Waals surface area contributed by atoms with Crippen molar-refractivity contribution in [1.82, 2.24) is 9.78 Å². The predicted molar refractivity (Wildman–Crippen MR) is 117 cm³/mol. The summed E-state index contributed by atoms with van der Waals surface area (Å²) in [6.45, 7) is 3.26.